The molecule has 0 radical (unpaired) electrons. The van der Waals surface area contributed by atoms with E-state index in [-0.39, 0.29) is 0 Å². The van der Waals surface area contributed by atoms with Gasteiger partial charge in [-0.05, 0) is 32.6 Å². The molecule has 0 spiro atoms. The average molecular weight is 558 g/mol. The number of ether oxygens (including phenoxy) is 1. The average Bonchev–Trinajstić information content (AvgIpc) is 3.06. The first kappa shape index (κ1) is 32.7. The number of aliphatic carboxylic acids is 2. The molecule has 0 amide bonds. The number of halogens is 6. The third kappa shape index (κ3) is 12.8. The second-order valence-electron chi connectivity index (χ2n) is 8.05. The lowest BCUT2D eigenvalue weighted by Gasteiger charge is -2.19. The number of aromatic nitrogens is 4. The lowest BCUT2D eigenvalue weighted by Crippen LogP contribution is -2.24. The maximum atomic E-state index is 10.6. The van der Waals surface area contributed by atoms with Gasteiger partial charge in [0.25, 0.3) is 0 Å². The van der Waals surface area contributed by atoms with Gasteiger partial charge in [0, 0.05) is 38.9 Å². The van der Waals surface area contributed by atoms with Gasteiger partial charge in [0.15, 0.2) is 0 Å². The van der Waals surface area contributed by atoms with Crippen LogP contribution in [0.4, 0.5) is 26.3 Å². The molecule has 3 rings (SSSR count). The van der Waals surface area contributed by atoms with Crippen molar-refractivity contribution in [1.29, 1.82) is 0 Å². The lowest BCUT2D eigenvalue weighted by molar-refractivity contribution is -0.193. The van der Waals surface area contributed by atoms with Gasteiger partial charge in [-0.25, -0.2) is 14.3 Å². The van der Waals surface area contributed by atoms with Crippen molar-refractivity contribution < 1.29 is 50.9 Å². The van der Waals surface area contributed by atoms with Gasteiger partial charge >= 0.3 is 24.3 Å². The quantitative estimate of drug-likeness (QED) is 0.386. The first-order chi connectivity index (χ1) is 17.6. The van der Waals surface area contributed by atoms with Crippen LogP contribution < -0.4 is 0 Å². The van der Waals surface area contributed by atoms with Gasteiger partial charge in [-0.3, -0.25) is 9.88 Å². The molecule has 38 heavy (non-hydrogen) atoms. The molecule has 2 aromatic rings. The molecule has 214 valence electrons. The fourth-order valence-corrected chi connectivity index (χ4v) is 2.84. The van der Waals surface area contributed by atoms with E-state index in [4.69, 9.17) is 24.5 Å². The molecular weight excluding hydrogens is 530 g/mol. The molecule has 0 aromatic carbocycles. The van der Waals surface area contributed by atoms with Crippen LogP contribution in [0.5, 0.6) is 0 Å². The van der Waals surface area contributed by atoms with Gasteiger partial charge in [-0.1, -0.05) is 11.3 Å². The van der Waals surface area contributed by atoms with E-state index >= 15 is 0 Å². The highest BCUT2D eigenvalue weighted by atomic mass is 19.4. The fraction of sp³-hybridized carbons (Fsp3) is 0.571. The molecule has 1 aliphatic heterocycles. The van der Waals surface area contributed by atoms with Crippen molar-refractivity contribution in [3.8, 4) is 0 Å². The van der Waals surface area contributed by atoms with Crippen LogP contribution in [0.3, 0.4) is 0 Å². The van der Waals surface area contributed by atoms with E-state index in [1.165, 1.54) is 5.69 Å². The molecule has 0 unspecified atom stereocenters. The Morgan fingerprint density at radius 1 is 1.05 bits per heavy atom. The molecule has 1 aliphatic rings. The van der Waals surface area contributed by atoms with Crippen molar-refractivity contribution in [2.24, 2.45) is 0 Å². The summed E-state index contributed by atoms with van der Waals surface area (Å²) in [5.41, 5.74) is 3.23. The fourth-order valence-electron chi connectivity index (χ4n) is 2.84. The maximum Gasteiger partial charge on any atom is 0.490 e. The van der Waals surface area contributed by atoms with Gasteiger partial charge in [0.05, 0.1) is 24.6 Å². The number of hydrogen-bond donors (Lipinski definition) is 2. The number of hydrogen-bond acceptors (Lipinski definition) is 8. The summed E-state index contributed by atoms with van der Waals surface area (Å²) in [6, 6.07) is 6.07. The largest absolute Gasteiger partial charge is 0.490 e. The Hall–Kier alpha value is -3.31. The minimum absolute atomic E-state index is 0.528. The molecule has 11 nitrogen and oxygen atoms in total. The second kappa shape index (κ2) is 15.2. The Bertz CT molecular complexity index is 977. The van der Waals surface area contributed by atoms with E-state index in [0.717, 1.165) is 50.5 Å². The molecule has 0 aliphatic carbocycles. The van der Waals surface area contributed by atoms with Crippen LogP contribution in [0.1, 0.15) is 23.5 Å². The third-order valence-electron chi connectivity index (χ3n) is 4.65. The second-order valence-corrected chi connectivity index (χ2v) is 8.05. The smallest absolute Gasteiger partial charge is 0.475 e. The summed E-state index contributed by atoms with van der Waals surface area (Å²) in [7, 11) is 4.09. The van der Waals surface area contributed by atoms with Crippen molar-refractivity contribution in [2.75, 3.05) is 33.8 Å². The third-order valence-corrected chi connectivity index (χ3v) is 4.65. The monoisotopic (exact) mass is 558 g/mol. The van der Waals surface area contributed by atoms with Crippen LogP contribution in [-0.4, -0.2) is 98.1 Å². The van der Waals surface area contributed by atoms with Crippen LogP contribution in [-0.2, 0) is 40.6 Å². The molecule has 2 N–H and O–H groups in total. The lowest BCUT2D eigenvalue weighted by atomic mass is 10.2. The van der Waals surface area contributed by atoms with Crippen LogP contribution in [0.2, 0.25) is 0 Å². The normalized spacial score (nSPS) is 13.9. The summed E-state index contributed by atoms with van der Waals surface area (Å²) in [6.45, 7) is 5.80. The highest BCUT2D eigenvalue weighted by Gasteiger charge is 2.38. The summed E-state index contributed by atoms with van der Waals surface area (Å²) in [5.74, 6) is -5.51. The van der Waals surface area contributed by atoms with Gasteiger partial charge in [0.2, 0.25) is 0 Å². The Kier molecular flexibility index (Phi) is 13.1. The number of likely N-dealkylation sites (N-methyl/N-ethyl adjacent to an activating group) is 1. The van der Waals surface area contributed by atoms with Crippen LogP contribution in [0.15, 0.2) is 24.4 Å². The van der Waals surface area contributed by atoms with Gasteiger partial charge < -0.3 is 19.8 Å². The SMILES string of the molecule is CN(C)CCOCc1nnn2c1CN(Cc1ccccn1)CCC2.O=C(O)C(F)(F)F.O=C(O)C(F)(F)F. The highest BCUT2D eigenvalue weighted by Crippen LogP contribution is 2.17. The van der Waals surface area contributed by atoms with E-state index in [1.807, 2.05) is 37.1 Å². The van der Waals surface area contributed by atoms with Crippen molar-refractivity contribution in [3.05, 3.63) is 41.5 Å². The summed E-state index contributed by atoms with van der Waals surface area (Å²) >= 11 is 0. The van der Waals surface area contributed by atoms with E-state index in [0.29, 0.717) is 13.2 Å². The number of carboxylic acids is 2. The minimum Gasteiger partial charge on any atom is -0.475 e. The molecule has 0 atom stereocenters. The molecule has 0 bridgehead atoms. The summed E-state index contributed by atoms with van der Waals surface area (Å²) < 4.78 is 71.3. The molecule has 0 saturated heterocycles. The zero-order valence-electron chi connectivity index (χ0n) is 20.5. The highest BCUT2D eigenvalue weighted by molar-refractivity contribution is 5.73. The van der Waals surface area contributed by atoms with Gasteiger partial charge in [-0.15, -0.1) is 5.10 Å². The molecule has 17 heteroatoms. The number of aryl methyl sites for hydroxylation is 1. The number of carboxylic acid groups (broad SMARTS) is 2. The molecule has 0 fully saturated rings. The van der Waals surface area contributed by atoms with Crippen molar-refractivity contribution >= 4 is 11.9 Å². The summed E-state index contributed by atoms with van der Waals surface area (Å²) in [5, 5.41) is 22.9. The van der Waals surface area contributed by atoms with Crippen molar-refractivity contribution in [2.45, 2.75) is 45.0 Å². The predicted molar refractivity (Wildman–Crippen MR) is 119 cm³/mol. The predicted octanol–water partition coefficient (Wildman–Crippen LogP) is 2.42. The molecule has 0 saturated carbocycles. The Balaban J connectivity index is 0.000000426. The molecule has 2 aromatic heterocycles. The Morgan fingerprint density at radius 2 is 1.66 bits per heavy atom. The number of carbonyl (C=O) groups is 2. The summed E-state index contributed by atoms with van der Waals surface area (Å²) in [4.78, 5) is 26.8. The first-order valence-electron chi connectivity index (χ1n) is 11.0. The Labute approximate surface area is 213 Å². The standard InChI is InChI=1S/C17H26N6O.2C2HF3O2/c1-21(2)10-11-24-14-16-17-13-22(8-5-9-23(17)20-19-16)12-15-6-3-4-7-18-15;2*3-2(4,5)1(6)7/h3-4,6-7H,5,8-14H2,1-2H3;2*(H,6,7). The Morgan fingerprint density at radius 3 is 2.16 bits per heavy atom. The van der Waals surface area contributed by atoms with Crippen LogP contribution in [0, 0.1) is 0 Å². The molecular formula is C21H28F6N6O5. The van der Waals surface area contributed by atoms with Crippen LogP contribution in [0.25, 0.3) is 0 Å². The van der Waals surface area contributed by atoms with E-state index in [1.54, 1.807) is 0 Å². The number of pyridine rings is 1. The minimum atomic E-state index is -5.08. The van der Waals surface area contributed by atoms with E-state index in [2.05, 4.69) is 31.2 Å². The first-order valence-corrected chi connectivity index (χ1v) is 11.0. The van der Waals surface area contributed by atoms with Gasteiger partial charge in [0.1, 0.15) is 5.69 Å². The van der Waals surface area contributed by atoms with Gasteiger partial charge in [-0.2, -0.15) is 26.3 Å². The number of alkyl halides is 6. The zero-order chi connectivity index (χ0) is 28.9. The number of fused-ring (bicyclic) bond motifs is 1. The maximum absolute atomic E-state index is 10.6. The van der Waals surface area contributed by atoms with Crippen LogP contribution >= 0.6 is 0 Å². The van der Waals surface area contributed by atoms with Crippen molar-refractivity contribution in [1.82, 2.24) is 29.8 Å². The number of nitrogens with zero attached hydrogens (tertiary/aromatic N) is 6. The topological polar surface area (TPSA) is 134 Å². The van der Waals surface area contributed by atoms with E-state index < -0.39 is 24.3 Å². The molecule has 3 heterocycles. The van der Waals surface area contributed by atoms with E-state index in [9.17, 15) is 26.3 Å². The summed E-state index contributed by atoms with van der Waals surface area (Å²) in [6.07, 6.45) is -7.24. The number of rotatable bonds is 7. The zero-order valence-corrected chi connectivity index (χ0v) is 20.5. The van der Waals surface area contributed by atoms with Crippen molar-refractivity contribution in [3.63, 3.8) is 0 Å².